The van der Waals surface area contributed by atoms with Crippen LogP contribution in [0.15, 0.2) is 78.2 Å². The van der Waals surface area contributed by atoms with Gasteiger partial charge in [0.15, 0.2) is 16.6 Å². The fourth-order valence-electron chi connectivity index (χ4n) is 3.28. The summed E-state index contributed by atoms with van der Waals surface area (Å²) < 4.78 is 16.7. The number of ether oxygens (including phenoxy) is 3. The molecule has 0 bridgehead atoms. The van der Waals surface area contributed by atoms with Crippen molar-refractivity contribution in [3.8, 4) is 28.5 Å². The Morgan fingerprint density at radius 3 is 2.54 bits per heavy atom. The number of anilines is 1. The van der Waals surface area contributed by atoms with Crippen LogP contribution in [-0.2, 0) is 11.4 Å². The molecule has 35 heavy (non-hydrogen) atoms. The van der Waals surface area contributed by atoms with Gasteiger partial charge < -0.3 is 14.2 Å². The zero-order chi connectivity index (χ0) is 24.6. The number of carbonyl (C=O) groups excluding carboxylic acids is 1. The number of para-hydroxylation sites is 1. The summed E-state index contributed by atoms with van der Waals surface area (Å²) in [7, 11) is 3.19. The van der Waals surface area contributed by atoms with Crippen LogP contribution in [0.2, 0.25) is 5.02 Å². The van der Waals surface area contributed by atoms with E-state index in [1.165, 1.54) is 17.4 Å². The van der Waals surface area contributed by atoms with Crippen molar-refractivity contribution in [3.05, 3.63) is 94.3 Å². The topological polar surface area (TPSA) is 69.7 Å². The Morgan fingerprint density at radius 2 is 1.77 bits per heavy atom. The van der Waals surface area contributed by atoms with Crippen LogP contribution in [0.25, 0.3) is 17.3 Å². The monoisotopic (exact) mass is 506 g/mol. The second kappa shape index (κ2) is 11.6. The molecule has 4 rings (SSSR count). The third kappa shape index (κ3) is 6.41. The van der Waals surface area contributed by atoms with Gasteiger partial charge in [-0.15, -0.1) is 11.3 Å². The number of thiazole rings is 1. The number of hydrogen-bond acceptors (Lipinski definition) is 6. The maximum atomic E-state index is 12.4. The van der Waals surface area contributed by atoms with Gasteiger partial charge >= 0.3 is 0 Å². The molecule has 0 saturated heterocycles. The second-order valence-corrected chi connectivity index (χ2v) is 8.68. The van der Waals surface area contributed by atoms with Crippen LogP contribution in [0.1, 0.15) is 11.1 Å². The molecule has 1 amide bonds. The lowest BCUT2D eigenvalue weighted by Gasteiger charge is -2.11. The Bertz CT molecular complexity index is 1340. The minimum Gasteiger partial charge on any atom is -0.496 e. The first kappa shape index (κ1) is 24.3. The van der Waals surface area contributed by atoms with Crippen LogP contribution in [0.4, 0.5) is 5.13 Å². The van der Waals surface area contributed by atoms with E-state index >= 15 is 0 Å². The molecule has 6 nitrogen and oxygen atoms in total. The predicted molar refractivity (Wildman–Crippen MR) is 141 cm³/mol. The molecular formula is C27H23ClN2O4S. The Labute approximate surface area is 212 Å². The van der Waals surface area contributed by atoms with Crippen molar-refractivity contribution in [1.82, 2.24) is 4.98 Å². The third-order valence-corrected chi connectivity index (χ3v) is 6.05. The van der Waals surface area contributed by atoms with Gasteiger partial charge in [-0.3, -0.25) is 10.1 Å². The Hall–Kier alpha value is -3.81. The summed E-state index contributed by atoms with van der Waals surface area (Å²) in [5.41, 5.74) is 3.40. The van der Waals surface area contributed by atoms with Crippen molar-refractivity contribution in [2.45, 2.75) is 6.61 Å². The maximum absolute atomic E-state index is 12.4. The van der Waals surface area contributed by atoms with E-state index in [1.807, 2.05) is 72.1 Å². The standard InChI is InChI=1S/C27H23ClN2O4S/c1-32-23-6-4-3-5-21(23)22-17-35-27(29-22)30-26(31)14-10-18-9-13-24(25(15-18)33-2)34-16-19-7-11-20(28)12-8-19/h3-15,17H,16H2,1-2H3,(H,29,30,31)/b14-10+. The lowest BCUT2D eigenvalue weighted by atomic mass is 10.1. The SMILES string of the molecule is COc1cc(/C=C/C(=O)Nc2nc(-c3ccccc3OC)cs2)ccc1OCc1ccc(Cl)cc1. The van der Waals surface area contributed by atoms with E-state index < -0.39 is 0 Å². The first-order valence-electron chi connectivity index (χ1n) is 10.7. The zero-order valence-corrected chi connectivity index (χ0v) is 20.7. The van der Waals surface area contributed by atoms with Crippen LogP contribution in [0.5, 0.6) is 17.2 Å². The lowest BCUT2D eigenvalue weighted by molar-refractivity contribution is -0.111. The van der Waals surface area contributed by atoms with E-state index in [9.17, 15) is 4.79 Å². The van der Waals surface area contributed by atoms with Gasteiger partial charge in [-0.1, -0.05) is 41.9 Å². The highest BCUT2D eigenvalue weighted by Gasteiger charge is 2.11. The highest BCUT2D eigenvalue weighted by Crippen LogP contribution is 2.32. The van der Waals surface area contributed by atoms with Gasteiger partial charge in [0, 0.05) is 22.0 Å². The molecule has 0 saturated carbocycles. The summed E-state index contributed by atoms with van der Waals surface area (Å²) in [5.74, 6) is 1.62. The van der Waals surface area contributed by atoms with Crippen molar-refractivity contribution in [2.75, 3.05) is 19.5 Å². The zero-order valence-electron chi connectivity index (χ0n) is 19.2. The molecule has 8 heteroatoms. The van der Waals surface area contributed by atoms with E-state index in [0.717, 1.165) is 28.1 Å². The predicted octanol–water partition coefficient (Wildman–Crippen LogP) is 6.71. The van der Waals surface area contributed by atoms with Gasteiger partial charge in [-0.25, -0.2) is 4.98 Å². The van der Waals surface area contributed by atoms with Crippen molar-refractivity contribution in [2.24, 2.45) is 0 Å². The van der Waals surface area contributed by atoms with Crippen molar-refractivity contribution >= 4 is 40.1 Å². The number of benzene rings is 3. The van der Waals surface area contributed by atoms with E-state index in [-0.39, 0.29) is 5.91 Å². The van der Waals surface area contributed by atoms with Gasteiger partial charge in [0.2, 0.25) is 5.91 Å². The van der Waals surface area contributed by atoms with Crippen LogP contribution < -0.4 is 19.5 Å². The fourth-order valence-corrected chi connectivity index (χ4v) is 4.12. The number of amides is 1. The molecule has 1 heterocycles. The van der Waals surface area contributed by atoms with Crippen LogP contribution in [0, 0.1) is 0 Å². The molecule has 3 aromatic carbocycles. The minimum atomic E-state index is -0.284. The molecule has 1 N–H and O–H groups in total. The number of methoxy groups -OCH3 is 2. The second-order valence-electron chi connectivity index (χ2n) is 7.39. The van der Waals surface area contributed by atoms with Gasteiger partial charge in [0.05, 0.1) is 19.9 Å². The normalized spacial score (nSPS) is 10.8. The molecule has 178 valence electrons. The molecule has 0 fully saturated rings. The first-order valence-corrected chi connectivity index (χ1v) is 11.9. The highest BCUT2D eigenvalue weighted by atomic mass is 35.5. The largest absolute Gasteiger partial charge is 0.496 e. The molecule has 1 aromatic heterocycles. The van der Waals surface area contributed by atoms with Gasteiger partial charge in [0.25, 0.3) is 0 Å². The Morgan fingerprint density at radius 1 is 1.00 bits per heavy atom. The number of halogens is 1. The summed E-state index contributed by atoms with van der Waals surface area (Å²) in [6.07, 6.45) is 3.16. The number of nitrogens with one attached hydrogen (secondary N) is 1. The van der Waals surface area contributed by atoms with Gasteiger partial charge in [0.1, 0.15) is 12.4 Å². The summed E-state index contributed by atoms with van der Waals surface area (Å²) in [6.45, 7) is 0.385. The van der Waals surface area contributed by atoms with Crippen LogP contribution in [0.3, 0.4) is 0 Å². The summed E-state index contributed by atoms with van der Waals surface area (Å²) in [4.78, 5) is 16.9. The molecule has 0 spiro atoms. The molecule has 0 atom stereocenters. The smallest absolute Gasteiger partial charge is 0.250 e. The summed E-state index contributed by atoms with van der Waals surface area (Å²) >= 11 is 7.28. The number of aromatic nitrogens is 1. The molecule has 0 radical (unpaired) electrons. The van der Waals surface area contributed by atoms with Crippen LogP contribution >= 0.6 is 22.9 Å². The molecule has 0 unspecified atom stereocenters. The molecule has 0 aliphatic rings. The van der Waals surface area contributed by atoms with E-state index in [2.05, 4.69) is 10.3 Å². The maximum Gasteiger partial charge on any atom is 0.250 e. The summed E-state index contributed by atoms with van der Waals surface area (Å²) in [5, 5.41) is 5.86. The lowest BCUT2D eigenvalue weighted by Crippen LogP contribution is -2.07. The first-order chi connectivity index (χ1) is 17.1. The number of carbonyl (C=O) groups is 1. The molecule has 4 aromatic rings. The van der Waals surface area contributed by atoms with Gasteiger partial charge in [-0.2, -0.15) is 0 Å². The highest BCUT2D eigenvalue weighted by molar-refractivity contribution is 7.14. The number of nitrogens with zero attached hydrogens (tertiary/aromatic N) is 1. The number of hydrogen-bond donors (Lipinski definition) is 1. The van der Waals surface area contributed by atoms with E-state index in [1.54, 1.807) is 20.3 Å². The third-order valence-electron chi connectivity index (χ3n) is 5.04. The molecule has 0 aliphatic heterocycles. The molecular weight excluding hydrogens is 484 g/mol. The fraction of sp³-hybridized carbons (Fsp3) is 0.111. The Balaban J connectivity index is 1.38. The van der Waals surface area contributed by atoms with Crippen molar-refractivity contribution < 1.29 is 19.0 Å². The summed E-state index contributed by atoms with van der Waals surface area (Å²) in [6, 6.07) is 20.6. The molecule has 0 aliphatic carbocycles. The number of rotatable bonds is 9. The quantitative estimate of drug-likeness (QED) is 0.255. The average Bonchev–Trinajstić information content (AvgIpc) is 3.35. The van der Waals surface area contributed by atoms with E-state index in [4.69, 9.17) is 25.8 Å². The van der Waals surface area contributed by atoms with Crippen molar-refractivity contribution in [3.63, 3.8) is 0 Å². The minimum absolute atomic E-state index is 0.284. The van der Waals surface area contributed by atoms with Gasteiger partial charge in [-0.05, 0) is 53.6 Å². The average molecular weight is 507 g/mol. The van der Waals surface area contributed by atoms with Crippen molar-refractivity contribution in [1.29, 1.82) is 0 Å². The van der Waals surface area contributed by atoms with Crippen LogP contribution in [-0.4, -0.2) is 25.1 Å². The Kier molecular flexibility index (Phi) is 8.03. The van der Waals surface area contributed by atoms with E-state index in [0.29, 0.717) is 28.3 Å².